The van der Waals surface area contributed by atoms with E-state index in [4.69, 9.17) is 5.26 Å². The van der Waals surface area contributed by atoms with Gasteiger partial charge in [0.1, 0.15) is 0 Å². The molecule has 2 aromatic rings. The topological polar surface area (TPSA) is 114 Å². The van der Waals surface area contributed by atoms with Crippen LogP contribution in [0.3, 0.4) is 0 Å². The van der Waals surface area contributed by atoms with Gasteiger partial charge in [0.05, 0.1) is 23.6 Å². The number of rotatable bonds is 3. The lowest BCUT2D eigenvalue weighted by molar-refractivity contribution is 0.600. The van der Waals surface area contributed by atoms with E-state index in [0.29, 0.717) is 5.56 Å². The van der Waals surface area contributed by atoms with E-state index in [2.05, 4.69) is 20.1 Å². The van der Waals surface area contributed by atoms with Crippen molar-refractivity contribution in [3.05, 3.63) is 29.8 Å². The highest BCUT2D eigenvalue weighted by Gasteiger charge is 2.16. The average molecular weight is 264 g/mol. The Bertz CT molecular complexity index is 697. The van der Waals surface area contributed by atoms with Crippen LogP contribution in [0.4, 0.5) is 5.95 Å². The number of tetrazole rings is 1. The molecule has 92 valence electrons. The van der Waals surface area contributed by atoms with Crippen LogP contribution in [0.15, 0.2) is 29.2 Å². The number of aromatic nitrogens is 4. The smallest absolute Gasteiger partial charge is 0.245 e. The molecule has 1 aromatic heterocycles. The van der Waals surface area contributed by atoms with Gasteiger partial charge in [-0.05, 0) is 29.5 Å². The summed E-state index contributed by atoms with van der Waals surface area (Å²) in [5, 5.41) is 19.4. The summed E-state index contributed by atoms with van der Waals surface area (Å²) in [6, 6.07) is 7.40. The summed E-state index contributed by atoms with van der Waals surface area (Å²) < 4.78 is 26.0. The molecule has 0 radical (unpaired) electrons. The molecule has 0 saturated carbocycles. The predicted molar refractivity (Wildman–Crippen MR) is 60.8 cm³/mol. The Morgan fingerprint density at radius 1 is 1.33 bits per heavy atom. The first-order chi connectivity index (χ1) is 8.51. The Morgan fingerprint density at radius 2 is 2.00 bits per heavy atom. The fourth-order valence-corrected chi connectivity index (χ4v) is 2.15. The monoisotopic (exact) mass is 264 g/mol. The highest BCUT2D eigenvalue weighted by Crippen LogP contribution is 2.13. The van der Waals surface area contributed by atoms with Crippen molar-refractivity contribution in [2.75, 3.05) is 4.72 Å². The maximum Gasteiger partial charge on any atom is 0.277 e. The zero-order valence-corrected chi connectivity index (χ0v) is 10.1. The molecular formula is C9H8N6O2S. The highest BCUT2D eigenvalue weighted by molar-refractivity contribution is 7.92. The predicted octanol–water partition coefficient (Wildman–Crippen LogP) is -0.117. The van der Waals surface area contributed by atoms with Gasteiger partial charge in [-0.1, -0.05) is 5.10 Å². The number of sulfonamides is 1. The fraction of sp³-hybridized carbons (Fsp3) is 0.111. The van der Waals surface area contributed by atoms with Crippen molar-refractivity contribution in [3.63, 3.8) is 0 Å². The van der Waals surface area contributed by atoms with Crippen LogP contribution >= 0.6 is 0 Å². The molecule has 0 aliphatic rings. The van der Waals surface area contributed by atoms with E-state index in [1.54, 1.807) is 0 Å². The van der Waals surface area contributed by atoms with Gasteiger partial charge in [0.25, 0.3) is 16.0 Å². The minimum atomic E-state index is -3.76. The molecule has 18 heavy (non-hydrogen) atoms. The second-order valence-electron chi connectivity index (χ2n) is 3.34. The molecule has 0 aliphatic carbocycles. The third-order valence-electron chi connectivity index (χ3n) is 2.03. The molecule has 1 aromatic carbocycles. The molecule has 0 saturated heterocycles. The first kappa shape index (κ1) is 12.0. The van der Waals surface area contributed by atoms with E-state index >= 15 is 0 Å². The first-order valence-corrected chi connectivity index (χ1v) is 6.26. The number of nitrogens with zero attached hydrogens (tertiary/aromatic N) is 5. The van der Waals surface area contributed by atoms with Crippen molar-refractivity contribution in [2.45, 2.75) is 4.90 Å². The maximum absolute atomic E-state index is 11.9. The second-order valence-corrected chi connectivity index (χ2v) is 5.03. The van der Waals surface area contributed by atoms with Crippen LogP contribution in [0.1, 0.15) is 5.56 Å². The van der Waals surface area contributed by atoms with Gasteiger partial charge in [0, 0.05) is 0 Å². The Morgan fingerprint density at radius 3 is 2.50 bits per heavy atom. The summed E-state index contributed by atoms with van der Waals surface area (Å²) in [6.07, 6.45) is 0. The number of benzene rings is 1. The van der Waals surface area contributed by atoms with Crippen molar-refractivity contribution in [3.8, 4) is 6.07 Å². The van der Waals surface area contributed by atoms with Crippen molar-refractivity contribution in [2.24, 2.45) is 7.05 Å². The van der Waals surface area contributed by atoms with Crippen molar-refractivity contribution in [1.82, 2.24) is 20.2 Å². The van der Waals surface area contributed by atoms with Gasteiger partial charge >= 0.3 is 0 Å². The van der Waals surface area contributed by atoms with E-state index in [0.717, 1.165) is 4.80 Å². The largest absolute Gasteiger partial charge is 0.277 e. The number of aryl methyl sites for hydroxylation is 1. The van der Waals surface area contributed by atoms with Gasteiger partial charge in [-0.2, -0.15) is 10.1 Å². The third-order valence-corrected chi connectivity index (χ3v) is 3.37. The van der Waals surface area contributed by atoms with Crippen LogP contribution in [0.2, 0.25) is 0 Å². The van der Waals surface area contributed by atoms with Crippen LogP contribution < -0.4 is 4.72 Å². The van der Waals surface area contributed by atoms with Crippen LogP contribution in [0.5, 0.6) is 0 Å². The van der Waals surface area contributed by atoms with E-state index in [-0.39, 0.29) is 10.8 Å². The standard InChI is InChI=1S/C9H8N6O2S/c1-15-12-9(11-14-15)13-18(16,17)8-4-2-7(6-10)3-5-8/h2-5H,1H3,(H,12,13). The lowest BCUT2D eigenvalue weighted by atomic mass is 10.2. The quantitative estimate of drug-likeness (QED) is 0.826. The minimum Gasteiger partial charge on any atom is -0.245 e. The SMILES string of the molecule is Cn1nnc(NS(=O)(=O)c2ccc(C#N)cc2)n1. The average Bonchev–Trinajstić information content (AvgIpc) is 2.74. The van der Waals surface area contributed by atoms with Gasteiger partial charge in [-0.25, -0.2) is 13.1 Å². The number of hydrogen-bond acceptors (Lipinski definition) is 6. The summed E-state index contributed by atoms with van der Waals surface area (Å²) in [5.41, 5.74) is 0.381. The molecule has 0 atom stereocenters. The molecule has 1 N–H and O–H groups in total. The fourth-order valence-electron chi connectivity index (χ4n) is 1.21. The van der Waals surface area contributed by atoms with Crippen molar-refractivity contribution in [1.29, 1.82) is 5.26 Å². The van der Waals surface area contributed by atoms with Gasteiger partial charge in [0.2, 0.25) is 0 Å². The van der Waals surface area contributed by atoms with Crippen molar-refractivity contribution < 1.29 is 8.42 Å². The normalized spacial score (nSPS) is 10.9. The molecule has 0 aliphatic heterocycles. The summed E-state index contributed by atoms with van der Waals surface area (Å²) in [4.78, 5) is 1.16. The van der Waals surface area contributed by atoms with E-state index in [9.17, 15) is 8.42 Å². The van der Waals surface area contributed by atoms with E-state index in [1.165, 1.54) is 31.3 Å². The highest BCUT2D eigenvalue weighted by atomic mass is 32.2. The number of nitrogens with one attached hydrogen (secondary N) is 1. The molecule has 0 amide bonds. The molecule has 8 nitrogen and oxygen atoms in total. The summed E-state index contributed by atoms with van der Waals surface area (Å²) >= 11 is 0. The number of nitriles is 1. The number of anilines is 1. The Hall–Kier alpha value is -2.47. The van der Waals surface area contributed by atoms with E-state index in [1.807, 2.05) is 6.07 Å². The number of hydrogen-bond donors (Lipinski definition) is 1. The van der Waals surface area contributed by atoms with Gasteiger partial charge < -0.3 is 0 Å². The lowest BCUT2D eigenvalue weighted by Crippen LogP contribution is -2.14. The van der Waals surface area contributed by atoms with Crippen molar-refractivity contribution >= 4 is 16.0 Å². The molecule has 1 heterocycles. The molecule has 2 rings (SSSR count). The molecular weight excluding hydrogens is 256 g/mol. The molecule has 9 heteroatoms. The molecule has 0 fully saturated rings. The van der Waals surface area contributed by atoms with E-state index < -0.39 is 10.0 Å². The van der Waals surface area contributed by atoms with Crippen LogP contribution in [0, 0.1) is 11.3 Å². The maximum atomic E-state index is 11.9. The molecule has 0 spiro atoms. The Kier molecular flexibility index (Phi) is 2.95. The third kappa shape index (κ3) is 2.44. The van der Waals surface area contributed by atoms with Crippen LogP contribution in [0.25, 0.3) is 0 Å². The molecule has 0 bridgehead atoms. The second kappa shape index (κ2) is 4.42. The van der Waals surface area contributed by atoms with Crippen LogP contribution in [-0.2, 0) is 17.1 Å². The zero-order chi connectivity index (χ0) is 13.2. The molecule has 0 unspecified atom stereocenters. The van der Waals surface area contributed by atoms with Crippen LogP contribution in [-0.4, -0.2) is 28.6 Å². The first-order valence-electron chi connectivity index (χ1n) is 4.78. The zero-order valence-electron chi connectivity index (χ0n) is 9.27. The Labute approximate surface area is 103 Å². The minimum absolute atomic E-state index is 0.0222. The Balaban J connectivity index is 2.28. The summed E-state index contributed by atoms with van der Waals surface area (Å²) in [5.74, 6) is -0.109. The van der Waals surface area contributed by atoms with Gasteiger partial charge in [-0.15, -0.1) is 5.10 Å². The lowest BCUT2D eigenvalue weighted by Gasteiger charge is -2.03. The summed E-state index contributed by atoms with van der Waals surface area (Å²) in [6.45, 7) is 0. The van der Waals surface area contributed by atoms with Gasteiger partial charge in [0.15, 0.2) is 0 Å². The summed E-state index contributed by atoms with van der Waals surface area (Å²) in [7, 11) is -2.24. The van der Waals surface area contributed by atoms with Gasteiger partial charge in [-0.3, -0.25) is 0 Å².